The number of fused-ring (bicyclic) bond motifs is 2. The maximum Gasteiger partial charge on any atom is 0.291 e. The van der Waals surface area contributed by atoms with Gasteiger partial charge in [-0.25, -0.2) is 0 Å². The molecule has 0 fully saturated rings. The van der Waals surface area contributed by atoms with E-state index in [0.717, 1.165) is 35.5 Å². The fourth-order valence-corrected chi connectivity index (χ4v) is 5.84. The summed E-state index contributed by atoms with van der Waals surface area (Å²) in [5.74, 6) is 1.07. The first-order chi connectivity index (χ1) is 21.0. The van der Waals surface area contributed by atoms with Crippen LogP contribution in [0, 0.1) is 0 Å². The number of para-hydroxylation sites is 1. The summed E-state index contributed by atoms with van der Waals surface area (Å²) in [5.41, 5.74) is 2.28. The molecule has 3 aromatic carbocycles. The minimum Gasteiger partial charge on any atom is -0.494 e. The van der Waals surface area contributed by atoms with Crippen molar-refractivity contribution in [2.24, 2.45) is 0 Å². The second-order valence-electron chi connectivity index (χ2n) is 9.88. The summed E-state index contributed by atoms with van der Waals surface area (Å²) in [7, 11) is 0. The van der Waals surface area contributed by atoms with Gasteiger partial charge in [-0.2, -0.15) is 9.50 Å². The number of ether oxygens (including phenoxy) is 2. The number of rotatable bonds is 10. The summed E-state index contributed by atoms with van der Waals surface area (Å²) in [6, 6.07) is 21.6. The summed E-state index contributed by atoms with van der Waals surface area (Å²) in [6.07, 6.45) is 2.04. The lowest BCUT2D eigenvalue weighted by Crippen LogP contribution is -2.37. The van der Waals surface area contributed by atoms with Gasteiger partial charge >= 0.3 is 0 Å². The largest absolute Gasteiger partial charge is 0.494 e. The van der Waals surface area contributed by atoms with E-state index < -0.39 is 11.5 Å². The average Bonchev–Trinajstić information content (AvgIpc) is 3.65. The van der Waals surface area contributed by atoms with E-state index in [9.17, 15) is 14.4 Å². The maximum absolute atomic E-state index is 13.7. The third kappa shape index (κ3) is 5.59. The number of hydrogen-bond donors (Lipinski definition) is 1. The van der Waals surface area contributed by atoms with Crippen LogP contribution in [0.3, 0.4) is 0 Å². The summed E-state index contributed by atoms with van der Waals surface area (Å²) in [6.45, 7) is 4.99. The van der Waals surface area contributed by atoms with Crippen molar-refractivity contribution < 1.29 is 19.1 Å². The van der Waals surface area contributed by atoms with Gasteiger partial charge in [-0.15, -0.1) is 5.10 Å². The first-order valence-corrected chi connectivity index (χ1v) is 14.9. The summed E-state index contributed by atoms with van der Waals surface area (Å²) < 4.78 is 12.6. The molecule has 0 saturated heterocycles. The van der Waals surface area contributed by atoms with E-state index in [2.05, 4.69) is 22.3 Å². The lowest BCUT2D eigenvalue weighted by molar-refractivity contribution is -0.118. The normalized spacial score (nSPS) is 13.8. The molecule has 1 N–H and O–H groups in total. The second-order valence-corrected chi connectivity index (χ2v) is 10.9. The lowest BCUT2D eigenvalue weighted by atomic mass is 10.1. The number of carbonyl (C=O) groups excluding carboxylic acids is 2. The van der Waals surface area contributed by atoms with Crippen LogP contribution in [0.5, 0.6) is 11.5 Å². The van der Waals surface area contributed by atoms with Crippen molar-refractivity contribution in [3.05, 3.63) is 93.2 Å². The number of amides is 2. The van der Waals surface area contributed by atoms with Crippen LogP contribution in [0.2, 0.25) is 0 Å². The molecule has 0 radical (unpaired) electrons. The van der Waals surface area contributed by atoms with Gasteiger partial charge in [0.25, 0.3) is 11.5 Å². The smallest absolute Gasteiger partial charge is 0.291 e. The van der Waals surface area contributed by atoms with Crippen LogP contribution in [0.4, 0.5) is 11.4 Å². The molecule has 218 valence electrons. The Labute approximate surface area is 251 Å². The minimum atomic E-state index is -0.433. The van der Waals surface area contributed by atoms with Crippen molar-refractivity contribution in [1.82, 2.24) is 14.6 Å². The molecule has 1 aliphatic heterocycles. The predicted octanol–water partition coefficient (Wildman–Crippen LogP) is 4.30. The first-order valence-electron chi connectivity index (χ1n) is 14.1. The zero-order valence-electron chi connectivity index (χ0n) is 23.7. The fraction of sp³-hybridized carbons (Fsp3) is 0.219. The van der Waals surface area contributed by atoms with Gasteiger partial charge in [0.2, 0.25) is 10.9 Å². The Morgan fingerprint density at radius 1 is 0.930 bits per heavy atom. The Kier molecular flexibility index (Phi) is 7.89. The first kappa shape index (κ1) is 28.1. The molecule has 0 aliphatic carbocycles. The number of nitrogens with zero attached hydrogens (tertiary/aromatic N) is 4. The number of benzene rings is 3. The molecule has 0 atom stereocenters. The van der Waals surface area contributed by atoms with E-state index in [1.165, 1.54) is 9.42 Å². The van der Waals surface area contributed by atoms with Crippen LogP contribution < -0.4 is 29.8 Å². The van der Waals surface area contributed by atoms with E-state index in [-0.39, 0.29) is 22.6 Å². The summed E-state index contributed by atoms with van der Waals surface area (Å²) in [5, 5.41) is 7.27. The highest BCUT2D eigenvalue weighted by molar-refractivity contribution is 7.15. The van der Waals surface area contributed by atoms with E-state index in [1.54, 1.807) is 48.5 Å². The zero-order chi connectivity index (χ0) is 29.9. The predicted molar refractivity (Wildman–Crippen MR) is 166 cm³/mol. The third-order valence-corrected chi connectivity index (χ3v) is 7.97. The highest BCUT2D eigenvalue weighted by atomic mass is 32.1. The van der Waals surface area contributed by atoms with Gasteiger partial charge in [0, 0.05) is 16.8 Å². The molecule has 0 bridgehead atoms. The number of anilines is 2. The zero-order valence-corrected chi connectivity index (χ0v) is 24.5. The van der Waals surface area contributed by atoms with Gasteiger partial charge in [-0.3, -0.25) is 19.3 Å². The molecule has 2 amide bonds. The molecule has 2 aromatic heterocycles. The van der Waals surface area contributed by atoms with Crippen molar-refractivity contribution in [1.29, 1.82) is 0 Å². The number of unbranched alkanes of at least 4 members (excludes halogenated alkanes) is 1. The van der Waals surface area contributed by atoms with Crippen molar-refractivity contribution in [2.45, 2.75) is 26.7 Å². The Balaban J connectivity index is 1.27. The van der Waals surface area contributed by atoms with Crippen molar-refractivity contribution in [3.63, 3.8) is 0 Å². The van der Waals surface area contributed by atoms with Gasteiger partial charge in [-0.05, 0) is 67.9 Å². The molecule has 1 aliphatic rings. The molecule has 0 spiro atoms. The molecule has 11 heteroatoms. The number of aromatic nitrogens is 3. The van der Waals surface area contributed by atoms with E-state index in [4.69, 9.17) is 9.47 Å². The Morgan fingerprint density at radius 3 is 2.37 bits per heavy atom. The van der Waals surface area contributed by atoms with Gasteiger partial charge in [0.15, 0.2) is 5.82 Å². The highest BCUT2D eigenvalue weighted by Gasteiger charge is 2.35. The van der Waals surface area contributed by atoms with Crippen LogP contribution in [0.1, 0.15) is 32.3 Å². The van der Waals surface area contributed by atoms with Crippen molar-refractivity contribution in [3.8, 4) is 22.9 Å². The highest BCUT2D eigenvalue weighted by Crippen LogP contribution is 2.35. The molecule has 6 rings (SSSR count). The topological polar surface area (TPSA) is 115 Å². The molecular formula is C32H29N5O5S. The summed E-state index contributed by atoms with van der Waals surface area (Å²) in [4.78, 5) is 46.6. The van der Waals surface area contributed by atoms with E-state index >= 15 is 0 Å². The SMILES string of the molecule is CCCCOc1ccc(-c2nc3s/c(=C4\C(=O)N(CC(=O)Nc5ccc(OCC)cc5)c5ccccc54)c(=O)n3n2)cc1. The molecule has 0 saturated carbocycles. The molecule has 10 nitrogen and oxygen atoms in total. The third-order valence-electron chi connectivity index (χ3n) is 6.94. The van der Waals surface area contributed by atoms with Gasteiger partial charge in [-0.1, -0.05) is 42.9 Å². The van der Waals surface area contributed by atoms with Crippen molar-refractivity contribution in [2.75, 3.05) is 30.0 Å². The Morgan fingerprint density at radius 2 is 1.65 bits per heavy atom. The quantitative estimate of drug-likeness (QED) is 0.240. The number of nitrogens with one attached hydrogen (secondary N) is 1. The number of thiazole rings is 1. The van der Waals surface area contributed by atoms with Crippen LogP contribution >= 0.6 is 11.3 Å². The number of carbonyl (C=O) groups is 2. The van der Waals surface area contributed by atoms with Crippen molar-refractivity contribution >= 4 is 45.1 Å². The number of hydrogen-bond acceptors (Lipinski definition) is 8. The van der Waals surface area contributed by atoms with Crippen LogP contribution in [-0.2, 0) is 9.59 Å². The molecule has 5 aromatic rings. The average molecular weight is 596 g/mol. The van der Waals surface area contributed by atoms with Crippen LogP contribution in [-0.4, -0.2) is 46.2 Å². The van der Waals surface area contributed by atoms with E-state index in [1.807, 2.05) is 31.2 Å². The van der Waals surface area contributed by atoms with Crippen LogP contribution in [0.25, 0.3) is 21.9 Å². The van der Waals surface area contributed by atoms with E-state index in [0.29, 0.717) is 46.7 Å². The monoisotopic (exact) mass is 595 g/mol. The standard InChI is InChI=1S/C32H29N5O5S/c1-3-5-18-42-23-14-10-20(11-15-23)29-34-32-37(35-29)31(40)28(43-32)27-24-8-6-7-9-25(24)36(30(27)39)19-26(38)33-21-12-16-22(17-13-21)41-4-2/h6-17H,3-5,18-19H2,1-2H3,(H,33,38)/b28-27-. The fourth-order valence-electron chi connectivity index (χ4n) is 4.84. The summed E-state index contributed by atoms with van der Waals surface area (Å²) >= 11 is 1.10. The Bertz CT molecular complexity index is 1910. The lowest BCUT2D eigenvalue weighted by Gasteiger charge is -2.16. The molecule has 0 unspecified atom stereocenters. The second kappa shape index (κ2) is 12.1. The van der Waals surface area contributed by atoms with Gasteiger partial charge < -0.3 is 14.8 Å². The van der Waals surface area contributed by atoms with Gasteiger partial charge in [0.1, 0.15) is 22.6 Å². The molecule has 43 heavy (non-hydrogen) atoms. The Hall–Kier alpha value is -5.03. The molecular weight excluding hydrogens is 566 g/mol. The minimum absolute atomic E-state index is 0.218. The van der Waals surface area contributed by atoms with Gasteiger partial charge in [0.05, 0.1) is 24.5 Å². The molecule has 3 heterocycles. The van der Waals surface area contributed by atoms with Crippen LogP contribution in [0.15, 0.2) is 77.6 Å². The maximum atomic E-state index is 13.7.